The summed E-state index contributed by atoms with van der Waals surface area (Å²) in [5.74, 6) is 0.277. The van der Waals surface area contributed by atoms with Gasteiger partial charge < -0.3 is 4.74 Å². The van der Waals surface area contributed by atoms with Crippen molar-refractivity contribution in [1.82, 2.24) is 9.78 Å². The number of nitrogens with zero attached hydrogens (tertiary/aromatic N) is 2. The molecule has 60 valence electrons. The lowest BCUT2D eigenvalue weighted by molar-refractivity contribution is -0.121. The van der Waals surface area contributed by atoms with Crippen LogP contribution in [0.25, 0.3) is 0 Å². The van der Waals surface area contributed by atoms with E-state index >= 15 is 0 Å². The maximum atomic E-state index is 9.97. The van der Waals surface area contributed by atoms with Gasteiger partial charge in [-0.25, -0.2) is 4.68 Å². The lowest BCUT2D eigenvalue weighted by Gasteiger charge is -1.95. The van der Waals surface area contributed by atoms with Gasteiger partial charge in [-0.2, -0.15) is 5.10 Å². The molecular weight excluding hydrogens is 168 g/mol. The monoisotopic (exact) mass is 174 g/mol. The normalized spacial score (nSPS) is 9.73. The lowest BCUT2D eigenvalue weighted by Crippen LogP contribution is -1.97. The fourth-order valence-electron chi connectivity index (χ4n) is 0.785. The first-order chi connectivity index (χ1) is 5.16. The second-order valence-electron chi connectivity index (χ2n) is 2.04. The lowest BCUT2D eigenvalue weighted by atomic mass is 10.5. The molecule has 0 aliphatic rings. The maximum absolute atomic E-state index is 9.97. The Balaban J connectivity index is 3.11. The number of halogens is 1. The number of carbonyl (C=O) groups excluding carboxylic acids is 1. The summed E-state index contributed by atoms with van der Waals surface area (Å²) < 4.78 is 5.98. The van der Waals surface area contributed by atoms with Gasteiger partial charge in [0.2, 0.25) is 5.88 Å². The Hall–Kier alpha value is -1.03. The van der Waals surface area contributed by atoms with Crippen LogP contribution in [-0.4, -0.2) is 16.3 Å². The van der Waals surface area contributed by atoms with Crippen LogP contribution in [0, 0.1) is 6.92 Å². The molecule has 0 amide bonds. The smallest absolute Gasteiger partial charge is 0.299 e. The molecule has 1 rings (SSSR count). The third kappa shape index (κ3) is 1.35. The largest absolute Gasteiger partial charge is 0.408 e. The van der Waals surface area contributed by atoms with Crippen LogP contribution in [0.15, 0.2) is 0 Å². The SMILES string of the molecule is Cc1nn(C)c(OC=O)c1Cl. The number of carbonyl (C=O) groups is 1. The van der Waals surface area contributed by atoms with E-state index in [4.69, 9.17) is 11.6 Å². The summed E-state index contributed by atoms with van der Waals surface area (Å²) in [5, 5.41) is 4.30. The molecule has 0 radical (unpaired) electrons. The average Bonchev–Trinajstić information content (AvgIpc) is 2.17. The van der Waals surface area contributed by atoms with E-state index in [1.165, 1.54) is 4.68 Å². The molecule has 0 unspecified atom stereocenters. The Bertz CT molecular complexity index is 282. The fraction of sp³-hybridized carbons (Fsp3) is 0.333. The highest BCUT2D eigenvalue weighted by Crippen LogP contribution is 2.25. The zero-order valence-electron chi connectivity index (χ0n) is 6.17. The van der Waals surface area contributed by atoms with Crippen LogP contribution < -0.4 is 4.74 Å². The third-order valence-electron chi connectivity index (χ3n) is 1.26. The summed E-state index contributed by atoms with van der Waals surface area (Å²) in [5.41, 5.74) is 0.644. The van der Waals surface area contributed by atoms with Gasteiger partial charge >= 0.3 is 0 Å². The first-order valence-corrected chi connectivity index (χ1v) is 3.34. The average molecular weight is 175 g/mol. The van der Waals surface area contributed by atoms with Crippen molar-refractivity contribution in [3.63, 3.8) is 0 Å². The Labute approximate surface area is 68.7 Å². The molecule has 1 aromatic rings. The molecule has 0 saturated carbocycles. The van der Waals surface area contributed by atoms with Crippen molar-refractivity contribution < 1.29 is 9.53 Å². The quantitative estimate of drug-likeness (QED) is 0.627. The predicted octanol–water partition coefficient (Wildman–Crippen LogP) is 0.917. The minimum Gasteiger partial charge on any atom is -0.408 e. The van der Waals surface area contributed by atoms with Gasteiger partial charge in [-0.05, 0) is 6.92 Å². The minimum absolute atomic E-state index is 0.277. The first-order valence-electron chi connectivity index (χ1n) is 2.96. The topological polar surface area (TPSA) is 44.1 Å². The van der Waals surface area contributed by atoms with E-state index in [0.717, 1.165) is 0 Å². The molecule has 0 aliphatic carbocycles. The van der Waals surface area contributed by atoms with Gasteiger partial charge in [0, 0.05) is 7.05 Å². The van der Waals surface area contributed by atoms with E-state index in [2.05, 4.69) is 9.84 Å². The molecular formula is C6H7ClN2O2. The number of aryl methyl sites for hydroxylation is 2. The van der Waals surface area contributed by atoms with Crippen LogP contribution in [0.2, 0.25) is 5.02 Å². The Morgan fingerprint density at radius 2 is 2.36 bits per heavy atom. The summed E-state index contributed by atoms with van der Waals surface area (Å²) in [4.78, 5) is 9.97. The van der Waals surface area contributed by atoms with Gasteiger partial charge in [-0.1, -0.05) is 11.6 Å². The van der Waals surface area contributed by atoms with Crippen LogP contribution >= 0.6 is 11.6 Å². The first kappa shape index (κ1) is 8.07. The highest BCUT2D eigenvalue weighted by Gasteiger charge is 2.11. The van der Waals surface area contributed by atoms with E-state index in [-0.39, 0.29) is 5.88 Å². The molecule has 0 saturated heterocycles. The van der Waals surface area contributed by atoms with Crippen molar-refractivity contribution in [3.05, 3.63) is 10.7 Å². The summed E-state index contributed by atoms with van der Waals surface area (Å²) >= 11 is 5.73. The Kier molecular flexibility index (Phi) is 2.14. The minimum atomic E-state index is 0.277. The van der Waals surface area contributed by atoms with Gasteiger partial charge in [-0.3, -0.25) is 4.79 Å². The third-order valence-corrected chi connectivity index (χ3v) is 1.69. The predicted molar refractivity (Wildman–Crippen MR) is 39.6 cm³/mol. The zero-order valence-corrected chi connectivity index (χ0v) is 6.92. The number of ether oxygens (including phenoxy) is 1. The van der Waals surface area contributed by atoms with Gasteiger partial charge in [0.15, 0.2) is 0 Å². The van der Waals surface area contributed by atoms with Crippen LogP contribution in [0.4, 0.5) is 0 Å². The fourth-order valence-corrected chi connectivity index (χ4v) is 0.989. The van der Waals surface area contributed by atoms with Crippen LogP contribution in [0.3, 0.4) is 0 Å². The van der Waals surface area contributed by atoms with Crippen molar-refractivity contribution in [1.29, 1.82) is 0 Å². The van der Waals surface area contributed by atoms with Crippen molar-refractivity contribution in [3.8, 4) is 5.88 Å². The standard InChI is InChI=1S/C6H7ClN2O2/c1-4-5(7)6(11-3-10)9(2)8-4/h3H,1-2H3. The Morgan fingerprint density at radius 1 is 1.73 bits per heavy atom. The summed E-state index contributed by atoms with van der Waals surface area (Å²) in [7, 11) is 1.65. The van der Waals surface area contributed by atoms with Crippen LogP contribution in [0.1, 0.15) is 5.69 Å². The molecule has 0 atom stereocenters. The van der Waals surface area contributed by atoms with Crippen molar-refractivity contribution in [2.75, 3.05) is 0 Å². The van der Waals surface area contributed by atoms with E-state index in [1.807, 2.05) is 0 Å². The van der Waals surface area contributed by atoms with E-state index in [1.54, 1.807) is 14.0 Å². The molecule has 1 heterocycles. The van der Waals surface area contributed by atoms with E-state index in [9.17, 15) is 4.79 Å². The highest BCUT2D eigenvalue weighted by atomic mass is 35.5. The second kappa shape index (κ2) is 2.92. The molecule has 0 fully saturated rings. The number of aromatic nitrogens is 2. The molecule has 0 spiro atoms. The van der Waals surface area contributed by atoms with Crippen molar-refractivity contribution >= 4 is 18.1 Å². The number of hydrogen-bond donors (Lipinski definition) is 0. The van der Waals surface area contributed by atoms with E-state index < -0.39 is 0 Å². The van der Waals surface area contributed by atoms with Gasteiger partial charge in [0.25, 0.3) is 6.47 Å². The van der Waals surface area contributed by atoms with Crippen LogP contribution in [-0.2, 0) is 11.8 Å². The summed E-state index contributed by atoms with van der Waals surface area (Å²) in [6.07, 6.45) is 0. The van der Waals surface area contributed by atoms with Gasteiger partial charge in [0.05, 0.1) is 5.69 Å². The molecule has 0 aromatic carbocycles. The number of hydrogen-bond acceptors (Lipinski definition) is 3. The van der Waals surface area contributed by atoms with Crippen molar-refractivity contribution in [2.24, 2.45) is 7.05 Å². The Morgan fingerprint density at radius 3 is 2.73 bits per heavy atom. The van der Waals surface area contributed by atoms with Gasteiger partial charge in [-0.15, -0.1) is 0 Å². The molecule has 0 N–H and O–H groups in total. The zero-order chi connectivity index (χ0) is 8.43. The van der Waals surface area contributed by atoms with Crippen molar-refractivity contribution in [2.45, 2.75) is 6.92 Å². The highest BCUT2D eigenvalue weighted by molar-refractivity contribution is 6.32. The van der Waals surface area contributed by atoms with E-state index in [0.29, 0.717) is 17.2 Å². The molecule has 1 aromatic heterocycles. The molecule has 4 nitrogen and oxygen atoms in total. The second-order valence-corrected chi connectivity index (χ2v) is 2.42. The summed E-state index contributed by atoms with van der Waals surface area (Å²) in [6.45, 7) is 2.06. The van der Waals surface area contributed by atoms with Gasteiger partial charge in [0.1, 0.15) is 5.02 Å². The number of rotatable bonds is 2. The molecule has 5 heteroatoms. The van der Waals surface area contributed by atoms with Crippen LogP contribution in [0.5, 0.6) is 5.88 Å². The summed E-state index contributed by atoms with van der Waals surface area (Å²) in [6, 6.07) is 0. The maximum Gasteiger partial charge on any atom is 0.299 e. The molecule has 0 aliphatic heterocycles. The molecule has 11 heavy (non-hydrogen) atoms. The molecule has 0 bridgehead atoms.